The molecule has 1 saturated heterocycles. The molecule has 1 fully saturated rings. The third-order valence-electron chi connectivity index (χ3n) is 1.75. The van der Waals surface area contributed by atoms with E-state index < -0.39 is 0 Å². The quantitative estimate of drug-likeness (QED) is 0.431. The Morgan fingerprint density at radius 2 is 2.27 bits per heavy atom. The van der Waals surface area contributed by atoms with Gasteiger partial charge < -0.3 is 16.2 Å². The van der Waals surface area contributed by atoms with Crippen LogP contribution >= 0.6 is 0 Å². The summed E-state index contributed by atoms with van der Waals surface area (Å²) in [6.45, 7) is 1.47. The summed E-state index contributed by atoms with van der Waals surface area (Å²) in [5.41, 5.74) is 10.4. The van der Waals surface area contributed by atoms with Crippen LogP contribution in [0.4, 0.5) is 0 Å². The van der Waals surface area contributed by atoms with Crippen LogP contribution in [0.3, 0.4) is 0 Å². The first-order valence-corrected chi connectivity index (χ1v) is 3.96. The van der Waals surface area contributed by atoms with E-state index in [1.165, 1.54) is 12.8 Å². The Bertz CT molecular complexity index is 137. The lowest BCUT2D eigenvalue weighted by atomic mass is 10.1. The van der Waals surface area contributed by atoms with Gasteiger partial charge in [-0.2, -0.15) is 0 Å². The Hall–Kier alpha value is -0.770. The van der Waals surface area contributed by atoms with E-state index in [2.05, 4.69) is 4.99 Å². The van der Waals surface area contributed by atoms with Crippen LogP contribution in [0, 0.1) is 0 Å². The fraction of sp³-hybridized carbons (Fsp3) is 0.857. The lowest BCUT2D eigenvalue weighted by Gasteiger charge is -2.20. The normalized spacial score (nSPS) is 24.5. The molecule has 1 atom stereocenters. The number of aliphatic imine (C=N–C) groups is 1. The third-order valence-corrected chi connectivity index (χ3v) is 1.75. The maximum Gasteiger partial charge on any atom is 0.185 e. The smallest absolute Gasteiger partial charge is 0.185 e. The Morgan fingerprint density at radius 3 is 2.82 bits per heavy atom. The fourth-order valence-electron chi connectivity index (χ4n) is 1.16. The van der Waals surface area contributed by atoms with Gasteiger partial charge in [0.1, 0.15) is 0 Å². The highest BCUT2D eigenvalue weighted by molar-refractivity contribution is 5.75. The van der Waals surface area contributed by atoms with E-state index in [1.807, 2.05) is 0 Å². The molecule has 0 aromatic rings. The van der Waals surface area contributed by atoms with Gasteiger partial charge in [-0.05, 0) is 19.3 Å². The van der Waals surface area contributed by atoms with Crippen LogP contribution in [-0.2, 0) is 4.74 Å². The molecule has 0 aromatic carbocycles. The first kappa shape index (κ1) is 8.33. The first-order chi connectivity index (χ1) is 5.29. The number of hydrogen-bond donors (Lipinski definition) is 2. The molecule has 0 radical (unpaired) electrons. The molecule has 4 N–H and O–H groups in total. The topological polar surface area (TPSA) is 73.6 Å². The number of nitrogens with zero attached hydrogens (tertiary/aromatic N) is 1. The van der Waals surface area contributed by atoms with Crippen molar-refractivity contribution in [3.05, 3.63) is 0 Å². The molecule has 1 heterocycles. The highest BCUT2D eigenvalue weighted by atomic mass is 16.5. The van der Waals surface area contributed by atoms with Gasteiger partial charge in [0.2, 0.25) is 0 Å². The van der Waals surface area contributed by atoms with Gasteiger partial charge in [-0.1, -0.05) is 0 Å². The molecule has 4 nitrogen and oxygen atoms in total. The van der Waals surface area contributed by atoms with Gasteiger partial charge in [-0.3, -0.25) is 4.99 Å². The molecule has 0 amide bonds. The summed E-state index contributed by atoms with van der Waals surface area (Å²) in [7, 11) is 0. The van der Waals surface area contributed by atoms with Gasteiger partial charge >= 0.3 is 0 Å². The van der Waals surface area contributed by atoms with Crippen LogP contribution in [0.15, 0.2) is 4.99 Å². The zero-order valence-corrected chi connectivity index (χ0v) is 6.62. The molecule has 1 unspecified atom stereocenters. The van der Waals surface area contributed by atoms with E-state index in [0.717, 1.165) is 13.0 Å². The van der Waals surface area contributed by atoms with Crippen molar-refractivity contribution < 1.29 is 4.74 Å². The lowest BCUT2D eigenvalue weighted by molar-refractivity contribution is 0.0225. The predicted molar refractivity (Wildman–Crippen MR) is 44.3 cm³/mol. The molecule has 0 bridgehead atoms. The summed E-state index contributed by atoms with van der Waals surface area (Å²) in [6.07, 6.45) is 3.71. The Balaban J connectivity index is 2.19. The monoisotopic (exact) mass is 157 g/mol. The minimum Gasteiger partial charge on any atom is -0.376 e. The van der Waals surface area contributed by atoms with Crippen molar-refractivity contribution in [2.24, 2.45) is 16.5 Å². The second-order valence-corrected chi connectivity index (χ2v) is 2.75. The van der Waals surface area contributed by atoms with Crippen molar-refractivity contribution in [1.29, 1.82) is 0 Å². The van der Waals surface area contributed by atoms with E-state index in [9.17, 15) is 0 Å². The highest BCUT2D eigenvalue weighted by Crippen LogP contribution is 2.12. The minimum absolute atomic E-state index is 0.152. The zero-order chi connectivity index (χ0) is 8.10. The van der Waals surface area contributed by atoms with Crippen molar-refractivity contribution in [1.82, 2.24) is 0 Å². The molecule has 1 aliphatic heterocycles. The molecule has 64 valence electrons. The molecule has 1 aliphatic rings. The molecule has 1 rings (SSSR count). The maximum atomic E-state index is 5.41. The zero-order valence-electron chi connectivity index (χ0n) is 6.62. The average Bonchev–Trinajstić information content (AvgIpc) is 2.03. The first-order valence-electron chi connectivity index (χ1n) is 3.96. The van der Waals surface area contributed by atoms with E-state index >= 15 is 0 Å². The van der Waals surface area contributed by atoms with Gasteiger partial charge in [-0.25, -0.2) is 0 Å². The minimum atomic E-state index is 0.152. The molecule has 0 aliphatic carbocycles. The predicted octanol–water partition coefficient (Wildman–Crippen LogP) is -0.171. The second-order valence-electron chi connectivity index (χ2n) is 2.75. The highest BCUT2D eigenvalue weighted by Gasteiger charge is 2.12. The van der Waals surface area contributed by atoms with Crippen molar-refractivity contribution in [2.75, 3.05) is 13.2 Å². The maximum absolute atomic E-state index is 5.41. The Morgan fingerprint density at radius 1 is 1.45 bits per heavy atom. The number of nitrogens with two attached hydrogens (primary N) is 2. The van der Waals surface area contributed by atoms with Crippen molar-refractivity contribution >= 4 is 5.96 Å². The van der Waals surface area contributed by atoms with Gasteiger partial charge in [0.25, 0.3) is 0 Å². The lowest BCUT2D eigenvalue weighted by Crippen LogP contribution is -2.27. The van der Waals surface area contributed by atoms with E-state index in [1.54, 1.807) is 0 Å². The Kier molecular flexibility index (Phi) is 3.16. The van der Waals surface area contributed by atoms with Crippen LogP contribution in [0.1, 0.15) is 19.3 Å². The summed E-state index contributed by atoms with van der Waals surface area (Å²) in [5.74, 6) is 0.152. The summed E-state index contributed by atoms with van der Waals surface area (Å²) < 4.78 is 5.41. The third kappa shape index (κ3) is 3.23. The van der Waals surface area contributed by atoms with Crippen LogP contribution in [0.5, 0.6) is 0 Å². The van der Waals surface area contributed by atoms with E-state index in [0.29, 0.717) is 6.54 Å². The Labute approximate surface area is 66.6 Å². The molecule has 0 spiro atoms. The molecular weight excluding hydrogens is 142 g/mol. The van der Waals surface area contributed by atoms with Gasteiger partial charge in [0, 0.05) is 6.61 Å². The van der Waals surface area contributed by atoms with Crippen LogP contribution in [-0.4, -0.2) is 25.2 Å². The second kappa shape index (κ2) is 4.18. The summed E-state index contributed by atoms with van der Waals surface area (Å²) >= 11 is 0. The number of guanidine groups is 1. The summed E-state index contributed by atoms with van der Waals surface area (Å²) in [4.78, 5) is 3.90. The SMILES string of the molecule is NC(N)=NCC1CCCCO1. The van der Waals surface area contributed by atoms with Crippen molar-refractivity contribution in [3.63, 3.8) is 0 Å². The molecule has 0 aromatic heterocycles. The number of ether oxygens (including phenoxy) is 1. The number of rotatable bonds is 2. The molecule has 4 heteroatoms. The average molecular weight is 157 g/mol. The van der Waals surface area contributed by atoms with E-state index in [4.69, 9.17) is 16.2 Å². The molecular formula is C7H15N3O. The van der Waals surface area contributed by atoms with Gasteiger partial charge in [0.05, 0.1) is 12.6 Å². The molecule has 11 heavy (non-hydrogen) atoms. The van der Waals surface area contributed by atoms with Crippen molar-refractivity contribution in [2.45, 2.75) is 25.4 Å². The van der Waals surface area contributed by atoms with Gasteiger partial charge in [0.15, 0.2) is 5.96 Å². The van der Waals surface area contributed by atoms with Gasteiger partial charge in [-0.15, -0.1) is 0 Å². The van der Waals surface area contributed by atoms with E-state index in [-0.39, 0.29) is 12.1 Å². The summed E-state index contributed by atoms with van der Waals surface area (Å²) in [5, 5.41) is 0. The van der Waals surface area contributed by atoms with Crippen LogP contribution in [0.2, 0.25) is 0 Å². The number of hydrogen-bond acceptors (Lipinski definition) is 2. The van der Waals surface area contributed by atoms with Crippen LogP contribution in [0.25, 0.3) is 0 Å². The fourth-order valence-corrected chi connectivity index (χ4v) is 1.16. The van der Waals surface area contributed by atoms with Crippen molar-refractivity contribution in [3.8, 4) is 0 Å². The largest absolute Gasteiger partial charge is 0.376 e. The standard InChI is InChI=1S/C7H15N3O/c8-7(9)10-5-6-3-1-2-4-11-6/h6H,1-5H2,(H4,8,9,10). The van der Waals surface area contributed by atoms with Crippen LogP contribution < -0.4 is 11.5 Å². The summed E-state index contributed by atoms with van der Waals surface area (Å²) in [6, 6.07) is 0. The molecule has 0 saturated carbocycles.